The van der Waals surface area contributed by atoms with Crippen molar-refractivity contribution in [2.45, 2.75) is 6.61 Å². The van der Waals surface area contributed by atoms with Crippen LogP contribution in [0, 0.1) is 0 Å². The maximum absolute atomic E-state index is 12.6. The van der Waals surface area contributed by atoms with Gasteiger partial charge in [-0.05, 0) is 57.9 Å². The first kappa shape index (κ1) is 19.5. The van der Waals surface area contributed by atoms with Crippen LogP contribution < -0.4 is 14.8 Å². The van der Waals surface area contributed by atoms with Crippen LogP contribution in [0.1, 0.15) is 15.9 Å². The molecule has 27 heavy (non-hydrogen) atoms. The molecule has 0 saturated carbocycles. The lowest BCUT2D eigenvalue weighted by Gasteiger charge is -2.14. The summed E-state index contributed by atoms with van der Waals surface area (Å²) in [4.78, 5) is 12.6. The summed E-state index contributed by atoms with van der Waals surface area (Å²) in [6.45, 7) is 0.376. The summed E-state index contributed by atoms with van der Waals surface area (Å²) < 4.78 is 12.9. The van der Waals surface area contributed by atoms with Crippen LogP contribution in [0.5, 0.6) is 11.5 Å². The third-order valence-electron chi connectivity index (χ3n) is 3.82. The summed E-state index contributed by atoms with van der Waals surface area (Å²) in [6.07, 6.45) is 0. The summed E-state index contributed by atoms with van der Waals surface area (Å²) >= 11 is 6.84. The lowest BCUT2D eigenvalue weighted by atomic mass is 10.1. The van der Waals surface area contributed by atoms with Crippen molar-refractivity contribution in [2.24, 2.45) is 0 Å². The highest BCUT2D eigenvalue weighted by Gasteiger charge is 2.16. The van der Waals surface area contributed by atoms with E-state index in [1.807, 2.05) is 54.6 Å². The molecule has 4 nitrogen and oxygen atoms in total. The second kappa shape index (κ2) is 9.06. The van der Waals surface area contributed by atoms with E-state index in [1.165, 1.54) is 0 Å². The van der Waals surface area contributed by atoms with Gasteiger partial charge in [-0.25, -0.2) is 0 Å². The van der Waals surface area contributed by atoms with Crippen LogP contribution in [0.25, 0.3) is 0 Å². The first-order chi connectivity index (χ1) is 13.1. The molecule has 0 aliphatic carbocycles. The van der Waals surface area contributed by atoms with Gasteiger partial charge in [0.25, 0.3) is 5.91 Å². The van der Waals surface area contributed by atoms with Gasteiger partial charge in [-0.15, -0.1) is 0 Å². The molecule has 138 valence electrons. The van der Waals surface area contributed by atoms with E-state index in [2.05, 4.69) is 37.2 Å². The van der Waals surface area contributed by atoms with Crippen molar-refractivity contribution in [1.82, 2.24) is 0 Å². The number of hydrogen-bond acceptors (Lipinski definition) is 3. The molecule has 3 aromatic rings. The zero-order valence-corrected chi connectivity index (χ0v) is 17.7. The fourth-order valence-corrected chi connectivity index (χ4v) is 3.34. The minimum atomic E-state index is -0.231. The third-order valence-corrected chi connectivity index (χ3v) is 4.93. The first-order valence-electron chi connectivity index (χ1n) is 8.18. The van der Waals surface area contributed by atoms with E-state index in [1.54, 1.807) is 19.2 Å². The second-order valence-corrected chi connectivity index (χ2v) is 7.49. The molecule has 0 saturated heterocycles. The molecular weight excluding hydrogens is 474 g/mol. The highest BCUT2D eigenvalue weighted by molar-refractivity contribution is 9.10. The SMILES string of the molecule is COc1c(Br)cc(C(=O)Nc2ccc(Br)cc2)cc1OCc1ccccc1. The Balaban J connectivity index is 1.82. The summed E-state index contributed by atoms with van der Waals surface area (Å²) in [5.41, 5.74) is 2.20. The Morgan fingerprint density at radius 1 is 1.00 bits per heavy atom. The van der Waals surface area contributed by atoms with Gasteiger partial charge >= 0.3 is 0 Å². The van der Waals surface area contributed by atoms with Crippen molar-refractivity contribution in [3.63, 3.8) is 0 Å². The van der Waals surface area contributed by atoms with Crippen LogP contribution >= 0.6 is 31.9 Å². The number of benzene rings is 3. The standard InChI is InChI=1S/C21H17Br2NO3/c1-26-20-18(23)11-15(21(25)24-17-9-7-16(22)8-10-17)12-19(20)27-13-14-5-3-2-4-6-14/h2-12H,13H2,1H3,(H,24,25). The van der Waals surface area contributed by atoms with Crippen LogP contribution in [0.3, 0.4) is 0 Å². The Kier molecular flexibility index (Phi) is 6.53. The monoisotopic (exact) mass is 489 g/mol. The van der Waals surface area contributed by atoms with Crippen LogP contribution in [-0.4, -0.2) is 13.0 Å². The summed E-state index contributed by atoms with van der Waals surface area (Å²) in [5, 5.41) is 2.87. The molecule has 1 amide bonds. The molecule has 0 atom stereocenters. The van der Waals surface area contributed by atoms with Gasteiger partial charge in [-0.1, -0.05) is 46.3 Å². The van der Waals surface area contributed by atoms with Crippen molar-refractivity contribution in [3.8, 4) is 11.5 Å². The normalized spacial score (nSPS) is 10.3. The summed E-state index contributed by atoms with van der Waals surface area (Å²) in [5.74, 6) is 0.813. The molecule has 6 heteroatoms. The molecule has 0 bridgehead atoms. The maximum atomic E-state index is 12.6. The molecule has 1 N–H and O–H groups in total. The summed E-state index contributed by atoms with van der Waals surface area (Å²) in [7, 11) is 1.57. The second-order valence-electron chi connectivity index (χ2n) is 5.72. The first-order valence-corrected chi connectivity index (χ1v) is 9.76. The third kappa shape index (κ3) is 5.11. The van der Waals surface area contributed by atoms with Gasteiger partial charge in [0.05, 0.1) is 11.6 Å². The maximum Gasteiger partial charge on any atom is 0.255 e. The molecule has 0 fully saturated rings. The van der Waals surface area contributed by atoms with Crippen molar-refractivity contribution in [3.05, 3.63) is 86.8 Å². The average Bonchev–Trinajstić information content (AvgIpc) is 2.68. The predicted molar refractivity (Wildman–Crippen MR) is 114 cm³/mol. The molecule has 0 radical (unpaired) electrons. The zero-order valence-electron chi connectivity index (χ0n) is 14.5. The van der Waals surface area contributed by atoms with Gasteiger partial charge in [0.2, 0.25) is 0 Å². The lowest BCUT2D eigenvalue weighted by molar-refractivity contribution is 0.102. The summed E-state index contributed by atoms with van der Waals surface area (Å²) in [6, 6.07) is 20.6. The van der Waals surface area contributed by atoms with Crippen LogP contribution in [0.2, 0.25) is 0 Å². The number of nitrogens with one attached hydrogen (secondary N) is 1. The molecule has 0 aliphatic heterocycles. The molecule has 0 unspecified atom stereocenters. The van der Waals surface area contributed by atoms with Gasteiger partial charge in [0, 0.05) is 15.7 Å². The highest BCUT2D eigenvalue weighted by Crippen LogP contribution is 2.37. The van der Waals surface area contributed by atoms with E-state index in [9.17, 15) is 4.79 Å². The van der Waals surface area contributed by atoms with Gasteiger partial charge in [-0.3, -0.25) is 4.79 Å². The van der Waals surface area contributed by atoms with Gasteiger partial charge in [0.1, 0.15) is 6.61 Å². The predicted octanol–water partition coefficient (Wildman–Crippen LogP) is 6.05. The van der Waals surface area contributed by atoms with E-state index in [-0.39, 0.29) is 5.91 Å². The Bertz CT molecular complexity index is 928. The zero-order chi connectivity index (χ0) is 19.2. The Hall–Kier alpha value is -2.31. The molecule has 0 aliphatic rings. The molecule has 0 aromatic heterocycles. The van der Waals surface area contributed by atoms with E-state index in [0.29, 0.717) is 33.8 Å². The topological polar surface area (TPSA) is 47.6 Å². The number of carbonyl (C=O) groups is 1. The molecule has 3 aromatic carbocycles. The molecular formula is C21H17Br2NO3. The number of rotatable bonds is 6. The lowest BCUT2D eigenvalue weighted by Crippen LogP contribution is -2.12. The van der Waals surface area contributed by atoms with E-state index in [0.717, 1.165) is 10.0 Å². The number of carbonyl (C=O) groups excluding carboxylic acids is 1. The van der Waals surface area contributed by atoms with Crippen molar-refractivity contribution >= 4 is 43.5 Å². The number of hydrogen-bond donors (Lipinski definition) is 1. The van der Waals surface area contributed by atoms with Crippen molar-refractivity contribution < 1.29 is 14.3 Å². The minimum absolute atomic E-state index is 0.231. The van der Waals surface area contributed by atoms with E-state index < -0.39 is 0 Å². The Labute approximate surface area is 174 Å². The van der Waals surface area contributed by atoms with Gasteiger partial charge in [-0.2, -0.15) is 0 Å². The van der Waals surface area contributed by atoms with Crippen LogP contribution in [0.4, 0.5) is 5.69 Å². The van der Waals surface area contributed by atoms with Crippen molar-refractivity contribution in [1.29, 1.82) is 0 Å². The minimum Gasteiger partial charge on any atom is -0.492 e. The fraction of sp³-hybridized carbons (Fsp3) is 0.0952. The number of anilines is 1. The molecule has 0 heterocycles. The van der Waals surface area contributed by atoms with Crippen LogP contribution in [0.15, 0.2) is 75.7 Å². The average molecular weight is 491 g/mol. The molecule has 0 spiro atoms. The van der Waals surface area contributed by atoms with Crippen molar-refractivity contribution in [2.75, 3.05) is 12.4 Å². The number of methoxy groups -OCH3 is 1. The largest absolute Gasteiger partial charge is 0.492 e. The Morgan fingerprint density at radius 3 is 2.37 bits per heavy atom. The van der Waals surface area contributed by atoms with E-state index >= 15 is 0 Å². The molecule has 3 rings (SSSR count). The van der Waals surface area contributed by atoms with E-state index in [4.69, 9.17) is 9.47 Å². The quantitative estimate of drug-likeness (QED) is 0.457. The smallest absolute Gasteiger partial charge is 0.255 e. The van der Waals surface area contributed by atoms with Gasteiger partial charge < -0.3 is 14.8 Å². The van der Waals surface area contributed by atoms with Gasteiger partial charge in [0.15, 0.2) is 11.5 Å². The fourth-order valence-electron chi connectivity index (χ4n) is 2.48. The number of ether oxygens (including phenoxy) is 2. The number of halogens is 2. The van der Waals surface area contributed by atoms with Crippen LogP contribution in [-0.2, 0) is 6.61 Å². The highest BCUT2D eigenvalue weighted by atomic mass is 79.9. The Morgan fingerprint density at radius 2 is 1.70 bits per heavy atom. The number of amides is 1.